The normalized spacial score (nSPS) is 10.6. The van der Waals surface area contributed by atoms with Gasteiger partial charge >= 0.3 is 0 Å². The predicted octanol–water partition coefficient (Wildman–Crippen LogP) is 4.81. The highest BCUT2D eigenvalue weighted by Gasteiger charge is 2.03. The molecule has 2 heterocycles. The van der Waals surface area contributed by atoms with Gasteiger partial charge in [0.25, 0.3) is 9.67 Å². The fourth-order valence-corrected chi connectivity index (χ4v) is 2.68. The van der Waals surface area contributed by atoms with Crippen LogP contribution in [0.4, 0.5) is 0 Å². The van der Waals surface area contributed by atoms with Gasteiger partial charge in [-0.15, -0.1) is 0 Å². The first-order valence-electron chi connectivity index (χ1n) is 7.10. The van der Waals surface area contributed by atoms with Crippen LogP contribution in [0.1, 0.15) is 10.4 Å². The van der Waals surface area contributed by atoms with Crippen molar-refractivity contribution in [2.45, 2.75) is 0 Å². The van der Waals surface area contributed by atoms with Crippen molar-refractivity contribution in [1.29, 1.82) is 0 Å². The van der Waals surface area contributed by atoms with Crippen LogP contribution in [0.5, 0.6) is 0 Å². The van der Waals surface area contributed by atoms with Crippen LogP contribution in [-0.2, 0) is 14.1 Å². The first-order chi connectivity index (χ1) is 11.5. The lowest BCUT2D eigenvalue weighted by Crippen LogP contribution is -1.86. The lowest BCUT2D eigenvalue weighted by atomic mass is 10.2. The first-order valence-corrected chi connectivity index (χ1v) is 7.92. The number of fused-ring (bicyclic) bond motifs is 2. The minimum Gasteiger partial charge on any atom is -0.429 e. The summed E-state index contributed by atoms with van der Waals surface area (Å²) < 4.78 is 14.2. The number of rotatable bonds is 1. The molecule has 4 rings (SSSR count). The monoisotopic (exact) mass is 358 g/mol. The summed E-state index contributed by atoms with van der Waals surface area (Å²) in [5.41, 5.74) is 4.03. The van der Waals surface area contributed by atoms with E-state index in [9.17, 15) is 4.79 Å². The molecule has 2 aromatic heterocycles. The minimum absolute atomic E-state index is 0.415. The average molecular weight is 358 g/mol. The molecule has 0 saturated heterocycles. The lowest BCUT2D eigenvalue weighted by Gasteiger charge is -1.91. The number of aryl methyl sites for hydroxylation is 2. The van der Waals surface area contributed by atoms with Gasteiger partial charge in [-0.3, -0.25) is 4.79 Å². The molecule has 0 aliphatic heterocycles. The summed E-state index contributed by atoms with van der Waals surface area (Å²) in [4.78, 5) is 11.4. The van der Waals surface area contributed by atoms with Crippen LogP contribution >= 0.6 is 24.4 Å². The van der Waals surface area contributed by atoms with E-state index < -0.39 is 0 Å². The van der Waals surface area contributed by atoms with E-state index >= 15 is 0 Å². The summed E-state index contributed by atoms with van der Waals surface area (Å²) in [6.45, 7) is 0. The number of aromatic nitrogens is 2. The molecule has 4 aromatic rings. The van der Waals surface area contributed by atoms with Crippen LogP contribution in [0.15, 0.2) is 51.3 Å². The molecule has 0 radical (unpaired) electrons. The second-order valence-electron chi connectivity index (χ2n) is 5.17. The molecule has 2 aromatic carbocycles. The molecule has 0 spiro atoms. The van der Waals surface area contributed by atoms with Gasteiger partial charge in [-0.1, -0.05) is 12.1 Å². The zero-order valence-electron chi connectivity index (χ0n) is 13.1. The SMILES string of the molecule is Cn1c(=S)oc2cc(C=O)ccc21.Cn1c(=S)oc2ccccc21. The third-order valence-electron chi connectivity index (χ3n) is 3.65. The Labute approximate surface area is 147 Å². The van der Waals surface area contributed by atoms with Gasteiger partial charge in [-0.25, -0.2) is 0 Å². The van der Waals surface area contributed by atoms with Crippen LogP contribution in [-0.4, -0.2) is 15.4 Å². The number of nitrogens with zero attached hydrogens (tertiary/aromatic N) is 2. The van der Waals surface area contributed by atoms with Crippen molar-refractivity contribution in [2.24, 2.45) is 14.1 Å². The fourth-order valence-electron chi connectivity index (χ4n) is 2.31. The van der Waals surface area contributed by atoms with E-state index in [1.165, 1.54) is 0 Å². The standard InChI is InChI=1S/C9H7NO2S.C8H7NOS/c1-10-7-3-2-6(5-11)4-8(7)12-9(10)13;1-9-6-4-2-3-5-7(6)10-8(9)11/h2-5H,1H3;2-5H,1H3. The molecule has 0 amide bonds. The van der Waals surface area contributed by atoms with E-state index in [0.29, 0.717) is 20.8 Å². The summed E-state index contributed by atoms with van der Waals surface area (Å²) in [6.07, 6.45) is 0.783. The maximum Gasteiger partial charge on any atom is 0.269 e. The molecular formula is C17H14N2O3S2. The van der Waals surface area contributed by atoms with Crippen molar-refractivity contribution in [1.82, 2.24) is 9.13 Å². The molecule has 0 fully saturated rings. The molecule has 0 N–H and O–H groups in total. The summed E-state index contributed by atoms with van der Waals surface area (Å²) in [5, 5.41) is 0. The first kappa shape index (κ1) is 16.4. The molecule has 0 aliphatic rings. The Morgan fingerprint density at radius 3 is 2.08 bits per heavy atom. The van der Waals surface area contributed by atoms with Gasteiger partial charge in [0.05, 0.1) is 11.0 Å². The summed E-state index contributed by atoms with van der Waals surface area (Å²) in [5.74, 6) is 0. The topological polar surface area (TPSA) is 53.2 Å². The van der Waals surface area contributed by atoms with E-state index in [1.807, 2.05) is 49.0 Å². The van der Waals surface area contributed by atoms with Gasteiger partial charge in [0, 0.05) is 19.7 Å². The molecule has 5 nitrogen and oxygen atoms in total. The molecule has 24 heavy (non-hydrogen) atoms. The van der Waals surface area contributed by atoms with Crippen molar-refractivity contribution in [3.8, 4) is 0 Å². The largest absolute Gasteiger partial charge is 0.429 e. The molecule has 7 heteroatoms. The summed E-state index contributed by atoms with van der Waals surface area (Å²) in [7, 11) is 3.73. The highest BCUT2D eigenvalue weighted by Crippen LogP contribution is 2.17. The Balaban J connectivity index is 0.000000143. The average Bonchev–Trinajstić information content (AvgIpc) is 3.04. The van der Waals surface area contributed by atoms with Crippen LogP contribution in [0.25, 0.3) is 22.2 Å². The predicted molar refractivity (Wildman–Crippen MR) is 97.4 cm³/mol. The number of carbonyl (C=O) groups excluding carboxylic acids is 1. The van der Waals surface area contributed by atoms with Crippen LogP contribution in [0.3, 0.4) is 0 Å². The summed E-state index contributed by atoms with van der Waals surface area (Å²) >= 11 is 9.89. The fraction of sp³-hybridized carbons (Fsp3) is 0.118. The minimum atomic E-state index is 0.415. The van der Waals surface area contributed by atoms with Gasteiger partial charge in [0.1, 0.15) is 6.29 Å². The number of hydrogen-bond donors (Lipinski definition) is 0. The van der Waals surface area contributed by atoms with Crippen LogP contribution in [0, 0.1) is 9.67 Å². The maximum atomic E-state index is 10.5. The Morgan fingerprint density at radius 2 is 1.46 bits per heavy atom. The quantitative estimate of drug-likeness (QED) is 0.361. The number of hydrogen-bond acceptors (Lipinski definition) is 5. The van der Waals surface area contributed by atoms with Gasteiger partial charge in [-0.2, -0.15) is 0 Å². The van der Waals surface area contributed by atoms with Gasteiger partial charge < -0.3 is 18.0 Å². The second kappa shape index (κ2) is 6.54. The van der Waals surface area contributed by atoms with Crippen molar-refractivity contribution >= 4 is 52.9 Å². The van der Waals surface area contributed by atoms with Gasteiger partial charge in [0.2, 0.25) is 0 Å². The van der Waals surface area contributed by atoms with Crippen molar-refractivity contribution in [3.05, 3.63) is 57.7 Å². The third-order valence-corrected chi connectivity index (χ3v) is 4.36. The molecule has 0 atom stereocenters. The van der Waals surface area contributed by atoms with Crippen LogP contribution < -0.4 is 0 Å². The van der Waals surface area contributed by atoms with E-state index in [4.69, 9.17) is 33.3 Å². The van der Waals surface area contributed by atoms with Gasteiger partial charge in [0.15, 0.2) is 11.2 Å². The zero-order chi connectivity index (χ0) is 17.3. The molecule has 0 aliphatic carbocycles. The van der Waals surface area contributed by atoms with E-state index in [2.05, 4.69) is 0 Å². The smallest absolute Gasteiger partial charge is 0.269 e. The second-order valence-corrected chi connectivity index (χ2v) is 5.87. The van der Waals surface area contributed by atoms with E-state index in [1.54, 1.807) is 16.7 Å². The number of para-hydroxylation sites is 2. The van der Waals surface area contributed by atoms with Crippen molar-refractivity contribution in [3.63, 3.8) is 0 Å². The lowest BCUT2D eigenvalue weighted by molar-refractivity contribution is 0.112. The Hall–Kier alpha value is -2.51. The molecule has 122 valence electrons. The Kier molecular flexibility index (Phi) is 4.46. The van der Waals surface area contributed by atoms with E-state index in [0.717, 1.165) is 22.9 Å². The number of oxazole rings is 2. The Morgan fingerprint density at radius 1 is 0.875 bits per heavy atom. The van der Waals surface area contributed by atoms with Gasteiger partial charge in [-0.05, 0) is 54.8 Å². The highest BCUT2D eigenvalue weighted by molar-refractivity contribution is 7.71. The summed E-state index contributed by atoms with van der Waals surface area (Å²) in [6, 6.07) is 13.0. The van der Waals surface area contributed by atoms with Crippen molar-refractivity contribution in [2.75, 3.05) is 0 Å². The highest BCUT2D eigenvalue weighted by atomic mass is 32.1. The maximum absolute atomic E-state index is 10.5. The van der Waals surface area contributed by atoms with Crippen LogP contribution in [0.2, 0.25) is 0 Å². The number of carbonyl (C=O) groups is 1. The molecular weight excluding hydrogens is 344 g/mol. The molecule has 0 bridgehead atoms. The van der Waals surface area contributed by atoms with E-state index in [-0.39, 0.29) is 0 Å². The third kappa shape index (κ3) is 2.95. The van der Waals surface area contributed by atoms with Crippen molar-refractivity contribution < 1.29 is 13.6 Å². The zero-order valence-corrected chi connectivity index (χ0v) is 14.7. The number of aldehydes is 1. The molecule has 0 saturated carbocycles. The molecule has 0 unspecified atom stereocenters. The Bertz CT molecular complexity index is 1150. The number of benzene rings is 2.